The van der Waals surface area contributed by atoms with Crippen LogP contribution in [0.3, 0.4) is 0 Å². The van der Waals surface area contributed by atoms with Crippen molar-refractivity contribution < 1.29 is 0 Å². The number of fused-ring (bicyclic) bond motifs is 1. The summed E-state index contributed by atoms with van der Waals surface area (Å²) < 4.78 is 0. The van der Waals surface area contributed by atoms with E-state index in [9.17, 15) is 4.79 Å². The molecule has 1 N–H and O–H groups in total. The van der Waals surface area contributed by atoms with Gasteiger partial charge >= 0.3 is 0 Å². The zero-order valence-corrected chi connectivity index (χ0v) is 16.0. The molecular formula is C22H29N3O. The van der Waals surface area contributed by atoms with Crippen molar-refractivity contribution in [2.75, 3.05) is 6.54 Å². The number of hydrogen-bond acceptors (Lipinski definition) is 3. The number of H-pyrrole nitrogens is 1. The minimum Gasteiger partial charge on any atom is -0.310 e. The molecule has 0 atom stereocenters. The average Bonchev–Trinajstić information content (AvgIpc) is 2.61. The summed E-state index contributed by atoms with van der Waals surface area (Å²) in [5.74, 6) is 1.37. The minimum atomic E-state index is 0.0987. The summed E-state index contributed by atoms with van der Waals surface area (Å²) >= 11 is 0. The quantitative estimate of drug-likeness (QED) is 0.909. The molecule has 26 heavy (non-hydrogen) atoms. The summed E-state index contributed by atoms with van der Waals surface area (Å²) in [6.07, 6.45) is 6.94. The smallest absolute Gasteiger partial charge is 0.254 e. The van der Waals surface area contributed by atoms with Gasteiger partial charge in [0.1, 0.15) is 5.82 Å². The molecule has 138 valence electrons. The van der Waals surface area contributed by atoms with Crippen LogP contribution in [0.2, 0.25) is 0 Å². The molecule has 2 aliphatic rings. The van der Waals surface area contributed by atoms with Crippen molar-refractivity contribution in [3.05, 3.63) is 62.3 Å². The van der Waals surface area contributed by atoms with E-state index in [1.54, 1.807) is 0 Å². The highest BCUT2D eigenvalue weighted by Crippen LogP contribution is 2.31. The highest BCUT2D eigenvalue weighted by atomic mass is 16.1. The van der Waals surface area contributed by atoms with E-state index in [2.05, 4.69) is 41.9 Å². The lowest BCUT2D eigenvalue weighted by Gasteiger charge is -2.29. The van der Waals surface area contributed by atoms with E-state index >= 15 is 0 Å². The normalized spacial score (nSPS) is 18.7. The van der Waals surface area contributed by atoms with Gasteiger partial charge in [0.2, 0.25) is 0 Å². The molecule has 4 nitrogen and oxygen atoms in total. The molecule has 1 aromatic heterocycles. The third-order valence-electron chi connectivity index (χ3n) is 5.85. The van der Waals surface area contributed by atoms with Gasteiger partial charge in [-0.05, 0) is 38.7 Å². The van der Waals surface area contributed by atoms with Gasteiger partial charge < -0.3 is 4.98 Å². The Morgan fingerprint density at radius 3 is 2.58 bits per heavy atom. The first-order chi connectivity index (χ1) is 12.6. The maximum atomic E-state index is 12.6. The van der Waals surface area contributed by atoms with Gasteiger partial charge in [-0.3, -0.25) is 9.69 Å². The predicted octanol–water partition coefficient (Wildman–Crippen LogP) is 3.99. The Labute approximate surface area is 155 Å². The van der Waals surface area contributed by atoms with Crippen molar-refractivity contribution >= 4 is 0 Å². The Balaban J connectivity index is 1.55. The van der Waals surface area contributed by atoms with Crippen molar-refractivity contribution in [1.82, 2.24) is 14.9 Å². The molecule has 0 radical (unpaired) electrons. The van der Waals surface area contributed by atoms with Gasteiger partial charge in [0.05, 0.1) is 5.69 Å². The van der Waals surface area contributed by atoms with Crippen LogP contribution >= 0.6 is 0 Å². The molecule has 1 fully saturated rings. The van der Waals surface area contributed by atoms with Gasteiger partial charge in [0, 0.05) is 31.1 Å². The standard InChI is InChI=1S/C22H29N3O/c1-15-10-16(2)12-17(11-15)13-25-9-8-19-20(14-25)23-21(24-22(19)26)18-6-4-3-5-7-18/h10-12,18H,3-9,13-14H2,1-2H3,(H,23,24,26). The number of aromatic amines is 1. The van der Waals surface area contributed by atoms with E-state index in [-0.39, 0.29) is 5.56 Å². The van der Waals surface area contributed by atoms with Gasteiger partial charge in [-0.15, -0.1) is 0 Å². The van der Waals surface area contributed by atoms with E-state index in [0.29, 0.717) is 5.92 Å². The molecule has 0 saturated heterocycles. The third-order valence-corrected chi connectivity index (χ3v) is 5.85. The number of benzene rings is 1. The van der Waals surface area contributed by atoms with Crippen molar-refractivity contribution in [2.24, 2.45) is 0 Å². The van der Waals surface area contributed by atoms with Crippen LogP contribution in [0.4, 0.5) is 0 Å². The Bertz CT molecular complexity index is 829. The monoisotopic (exact) mass is 351 g/mol. The summed E-state index contributed by atoms with van der Waals surface area (Å²) in [7, 11) is 0. The minimum absolute atomic E-state index is 0.0987. The molecule has 1 saturated carbocycles. The largest absolute Gasteiger partial charge is 0.310 e. The Morgan fingerprint density at radius 1 is 1.12 bits per heavy atom. The van der Waals surface area contributed by atoms with Crippen molar-refractivity contribution in [2.45, 2.75) is 71.4 Å². The zero-order valence-electron chi connectivity index (χ0n) is 16.0. The third kappa shape index (κ3) is 3.75. The first-order valence-electron chi connectivity index (χ1n) is 10.00. The second-order valence-electron chi connectivity index (χ2n) is 8.17. The van der Waals surface area contributed by atoms with Gasteiger partial charge in [0.15, 0.2) is 0 Å². The lowest BCUT2D eigenvalue weighted by atomic mass is 9.88. The van der Waals surface area contributed by atoms with E-state index in [4.69, 9.17) is 4.98 Å². The van der Waals surface area contributed by atoms with E-state index in [1.165, 1.54) is 36.0 Å². The number of aromatic nitrogens is 2. The van der Waals surface area contributed by atoms with Gasteiger partial charge in [0.25, 0.3) is 5.56 Å². The molecule has 4 heteroatoms. The van der Waals surface area contributed by atoms with Crippen LogP contribution in [0.5, 0.6) is 0 Å². The zero-order chi connectivity index (χ0) is 18.1. The van der Waals surface area contributed by atoms with Crippen molar-refractivity contribution in [3.63, 3.8) is 0 Å². The van der Waals surface area contributed by atoms with Gasteiger partial charge in [-0.25, -0.2) is 4.98 Å². The van der Waals surface area contributed by atoms with Crippen LogP contribution in [0.15, 0.2) is 23.0 Å². The van der Waals surface area contributed by atoms with Crippen LogP contribution in [0.1, 0.15) is 71.8 Å². The van der Waals surface area contributed by atoms with Gasteiger partial charge in [-0.1, -0.05) is 48.6 Å². The topological polar surface area (TPSA) is 49.0 Å². The fourth-order valence-electron chi connectivity index (χ4n) is 4.64. The van der Waals surface area contributed by atoms with Crippen molar-refractivity contribution in [3.8, 4) is 0 Å². The van der Waals surface area contributed by atoms with Crippen LogP contribution in [-0.4, -0.2) is 21.4 Å². The summed E-state index contributed by atoms with van der Waals surface area (Å²) in [5.41, 5.74) is 5.98. The summed E-state index contributed by atoms with van der Waals surface area (Å²) in [6, 6.07) is 6.74. The average molecular weight is 351 g/mol. The van der Waals surface area contributed by atoms with E-state index in [1.807, 2.05) is 0 Å². The Kier molecular flexibility index (Phi) is 4.94. The second kappa shape index (κ2) is 7.36. The van der Waals surface area contributed by atoms with Crippen LogP contribution in [-0.2, 0) is 19.5 Å². The maximum absolute atomic E-state index is 12.6. The number of rotatable bonds is 3. The molecule has 0 bridgehead atoms. The molecule has 0 amide bonds. The molecule has 1 aliphatic heterocycles. The predicted molar refractivity (Wildman–Crippen MR) is 104 cm³/mol. The van der Waals surface area contributed by atoms with Gasteiger partial charge in [-0.2, -0.15) is 0 Å². The fourth-order valence-corrected chi connectivity index (χ4v) is 4.64. The fraction of sp³-hybridized carbons (Fsp3) is 0.545. The summed E-state index contributed by atoms with van der Waals surface area (Å²) in [4.78, 5) is 23.0. The molecule has 0 spiro atoms. The SMILES string of the molecule is Cc1cc(C)cc(CN2CCc3c(nc(C4CCCCC4)[nH]c3=O)C2)c1. The number of aryl methyl sites for hydroxylation is 2. The number of nitrogens with zero attached hydrogens (tertiary/aromatic N) is 2. The first kappa shape index (κ1) is 17.5. The highest BCUT2D eigenvalue weighted by Gasteiger charge is 2.24. The lowest BCUT2D eigenvalue weighted by molar-refractivity contribution is 0.239. The van der Waals surface area contributed by atoms with Crippen LogP contribution in [0, 0.1) is 13.8 Å². The van der Waals surface area contributed by atoms with Crippen LogP contribution < -0.4 is 5.56 Å². The number of hydrogen-bond donors (Lipinski definition) is 1. The van der Waals surface area contributed by atoms with Crippen molar-refractivity contribution in [1.29, 1.82) is 0 Å². The van der Waals surface area contributed by atoms with Crippen LogP contribution in [0.25, 0.3) is 0 Å². The molecule has 4 rings (SSSR count). The Morgan fingerprint density at radius 2 is 1.85 bits per heavy atom. The molecule has 0 unspecified atom stereocenters. The first-order valence-corrected chi connectivity index (χ1v) is 10.00. The number of nitrogens with one attached hydrogen (secondary N) is 1. The molecule has 1 aliphatic carbocycles. The summed E-state index contributed by atoms with van der Waals surface area (Å²) in [6.45, 7) is 6.94. The molecule has 1 aromatic carbocycles. The van der Waals surface area contributed by atoms with E-state index < -0.39 is 0 Å². The lowest BCUT2D eigenvalue weighted by Crippen LogP contribution is -2.35. The van der Waals surface area contributed by atoms with E-state index in [0.717, 1.165) is 56.0 Å². The molecule has 2 heterocycles. The second-order valence-corrected chi connectivity index (χ2v) is 8.17. The Hall–Kier alpha value is -1.94. The summed E-state index contributed by atoms with van der Waals surface area (Å²) in [5, 5.41) is 0. The highest BCUT2D eigenvalue weighted by molar-refractivity contribution is 5.29. The molecule has 2 aromatic rings. The molecular weight excluding hydrogens is 322 g/mol. The maximum Gasteiger partial charge on any atom is 0.254 e.